The highest BCUT2D eigenvalue weighted by Gasteiger charge is 2.29. The summed E-state index contributed by atoms with van der Waals surface area (Å²) in [5.41, 5.74) is 0.518. The number of rotatable bonds is 7. The van der Waals surface area contributed by atoms with Crippen LogP contribution in [0.3, 0.4) is 0 Å². The number of fused-ring (bicyclic) bond motifs is 1. The van der Waals surface area contributed by atoms with Gasteiger partial charge in [-0.1, -0.05) is 17.7 Å². The normalized spacial score (nSPS) is 13.3. The quantitative estimate of drug-likeness (QED) is 0.724. The van der Waals surface area contributed by atoms with E-state index in [4.69, 9.17) is 21.1 Å². The zero-order valence-electron chi connectivity index (χ0n) is 14.3. The molecule has 0 bridgehead atoms. The van der Waals surface area contributed by atoms with Crippen molar-refractivity contribution in [2.45, 2.75) is 6.54 Å². The first-order valence-corrected chi connectivity index (χ1v) is 9.36. The van der Waals surface area contributed by atoms with E-state index in [1.807, 2.05) is 17.5 Å². The molecule has 0 N–H and O–H groups in total. The van der Waals surface area contributed by atoms with Gasteiger partial charge in [0.15, 0.2) is 6.61 Å². The van der Waals surface area contributed by atoms with Crippen LogP contribution in [0.25, 0.3) is 0 Å². The highest BCUT2D eigenvalue weighted by Crippen LogP contribution is 2.34. The number of ether oxygens (including phenoxy) is 2. The van der Waals surface area contributed by atoms with Crippen molar-refractivity contribution in [2.75, 3.05) is 38.3 Å². The molecule has 0 atom stereocenters. The molecule has 2 heterocycles. The Morgan fingerprint density at radius 3 is 3.00 bits per heavy atom. The number of methoxy groups -OCH3 is 1. The summed E-state index contributed by atoms with van der Waals surface area (Å²) < 4.78 is 10.5. The smallest absolute Gasteiger partial charge is 0.265 e. The summed E-state index contributed by atoms with van der Waals surface area (Å²) in [6.45, 7) is 1.21. The fraction of sp³-hybridized carbons (Fsp3) is 0.333. The average Bonchev–Trinajstić information content (AvgIpc) is 3.14. The predicted octanol–water partition coefficient (Wildman–Crippen LogP) is 2.80. The van der Waals surface area contributed by atoms with Gasteiger partial charge in [-0.3, -0.25) is 14.5 Å². The lowest BCUT2D eigenvalue weighted by Gasteiger charge is -2.31. The predicted molar refractivity (Wildman–Crippen MR) is 101 cm³/mol. The van der Waals surface area contributed by atoms with Gasteiger partial charge in [0.2, 0.25) is 5.91 Å². The summed E-state index contributed by atoms with van der Waals surface area (Å²) in [6.07, 6.45) is 0. The average molecular weight is 395 g/mol. The van der Waals surface area contributed by atoms with E-state index in [2.05, 4.69) is 0 Å². The molecule has 1 aliphatic heterocycles. The number of carbonyl (C=O) groups is 2. The van der Waals surface area contributed by atoms with Crippen molar-refractivity contribution >= 4 is 40.4 Å². The molecule has 1 aliphatic rings. The highest BCUT2D eigenvalue weighted by atomic mass is 35.5. The third kappa shape index (κ3) is 4.35. The molecule has 0 unspecified atom stereocenters. The van der Waals surface area contributed by atoms with Gasteiger partial charge in [0, 0.05) is 23.6 Å². The molecule has 0 fully saturated rings. The van der Waals surface area contributed by atoms with Crippen molar-refractivity contribution in [1.82, 2.24) is 4.90 Å². The molecule has 6 nitrogen and oxygen atoms in total. The molecule has 0 radical (unpaired) electrons. The molecule has 8 heteroatoms. The fourth-order valence-electron chi connectivity index (χ4n) is 2.67. The zero-order valence-corrected chi connectivity index (χ0v) is 15.9. The third-order valence-electron chi connectivity index (χ3n) is 4.00. The summed E-state index contributed by atoms with van der Waals surface area (Å²) in [7, 11) is 1.59. The van der Waals surface area contributed by atoms with Crippen LogP contribution in [0.15, 0.2) is 35.7 Å². The van der Waals surface area contributed by atoms with E-state index in [-0.39, 0.29) is 25.0 Å². The number of thiophene rings is 1. The highest BCUT2D eigenvalue weighted by molar-refractivity contribution is 7.09. The Hall–Kier alpha value is -2.09. The van der Waals surface area contributed by atoms with E-state index in [1.54, 1.807) is 41.5 Å². The SMILES string of the molecule is COCCN(Cc1cccs1)C(=O)CN1C(=O)COc2ccc(Cl)cc21. The number of anilines is 1. The van der Waals surface area contributed by atoms with E-state index in [9.17, 15) is 9.59 Å². The zero-order chi connectivity index (χ0) is 18.5. The van der Waals surface area contributed by atoms with Gasteiger partial charge in [-0.15, -0.1) is 11.3 Å². The molecule has 138 valence electrons. The summed E-state index contributed by atoms with van der Waals surface area (Å²) in [4.78, 5) is 29.4. The lowest BCUT2D eigenvalue weighted by molar-refractivity contribution is -0.133. The van der Waals surface area contributed by atoms with Gasteiger partial charge in [-0.05, 0) is 29.6 Å². The topological polar surface area (TPSA) is 59.1 Å². The minimum Gasteiger partial charge on any atom is -0.482 e. The van der Waals surface area contributed by atoms with E-state index in [0.717, 1.165) is 4.88 Å². The summed E-state index contributed by atoms with van der Waals surface area (Å²) in [5.74, 6) is 0.121. The number of amides is 2. The first-order valence-electron chi connectivity index (χ1n) is 8.10. The number of carbonyl (C=O) groups excluding carboxylic acids is 2. The lowest BCUT2D eigenvalue weighted by Crippen LogP contribution is -2.46. The van der Waals surface area contributed by atoms with Crippen molar-refractivity contribution in [3.63, 3.8) is 0 Å². The van der Waals surface area contributed by atoms with Crippen LogP contribution < -0.4 is 9.64 Å². The standard InChI is InChI=1S/C18H19ClN2O4S/c1-24-7-6-20(10-14-3-2-8-26-14)17(22)11-21-15-9-13(19)4-5-16(15)25-12-18(21)23/h2-5,8-9H,6-7,10-12H2,1H3. The fourth-order valence-corrected chi connectivity index (χ4v) is 3.55. The number of hydrogen-bond donors (Lipinski definition) is 0. The Bertz CT molecular complexity index is 782. The van der Waals surface area contributed by atoms with Crippen LogP contribution in [0.5, 0.6) is 5.75 Å². The van der Waals surface area contributed by atoms with Gasteiger partial charge in [-0.25, -0.2) is 0 Å². The molecule has 0 saturated carbocycles. The van der Waals surface area contributed by atoms with Gasteiger partial charge in [0.1, 0.15) is 12.3 Å². The molecular weight excluding hydrogens is 376 g/mol. The van der Waals surface area contributed by atoms with Crippen molar-refractivity contribution in [3.8, 4) is 5.75 Å². The number of benzene rings is 1. The summed E-state index contributed by atoms with van der Waals surface area (Å²) in [5, 5.41) is 2.45. The lowest BCUT2D eigenvalue weighted by atomic mass is 10.2. The van der Waals surface area contributed by atoms with Crippen LogP contribution in [0, 0.1) is 0 Å². The van der Waals surface area contributed by atoms with Crippen molar-refractivity contribution in [2.24, 2.45) is 0 Å². The monoisotopic (exact) mass is 394 g/mol. The van der Waals surface area contributed by atoms with Crippen molar-refractivity contribution < 1.29 is 19.1 Å². The maximum absolute atomic E-state index is 12.9. The molecule has 0 aliphatic carbocycles. The van der Waals surface area contributed by atoms with Gasteiger partial charge >= 0.3 is 0 Å². The second kappa shape index (κ2) is 8.53. The van der Waals surface area contributed by atoms with Crippen molar-refractivity contribution in [1.29, 1.82) is 0 Å². The van der Waals surface area contributed by atoms with Crippen LogP contribution in [0.4, 0.5) is 5.69 Å². The minimum absolute atomic E-state index is 0.0649. The van der Waals surface area contributed by atoms with Crippen LogP contribution in [0.1, 0.15) is 4.88 Å². The molecule has 2 aromatic rings. The van der Waals surface area contributed by atoms with Crippen LogP contribution in [-0.2, 0) is 20.9 Å². The molecule has 0 spiro atoms. The molecule has 0 saturated heterocycles. The Morgan fingerprint density at radius 1 is 1.42 bits per heavy atom. The molecule has 1 aromatic heterocycles. The van der Waals surface area contributed by atoms with E-state index in [1.165, 1.54) is 4.90 Å². The van der Waals surface area contributed by atoms with Crippen LogP contribution in [-0.4, -0.2) is 50.1 Å². The van der Waals surface area contributed by atoms with E-state index < -0.39 is 0 Å². The van der Waals surface area contributed by atoms with Crippen LogP contribution >= 0.6 is 22.9 Å². The summed E-state index contributed by atoms with van der Waals surface area (Å²) in [6, 6.07) is 8.96. The van der Waals surface area contributed by atoms with Crippen molar-refractivity contribution in [3.05, 3.63) is 45.6 Å². The minimum atomic E-state index is -0.268. The maximum atomic E-state index is 12.9. The number of nitrogens with zero attached hydrogens (tertiary/aromatic N) is 2. The first-order chi connectivity index (χ1) is 12.6. The Morgan fingerprint density at radius 2 is 2.27 bits per heavy atom. The van der Waals surface area contributed by atoms with Gasteiger partial charge in [0.25, 0.3) is 5.91 Å². The number of halogens is 1. The Balaban J connectivity index is 1.78. The second-order valence-corrected chi connectivity index (χ2v) is 7.24. The Labute approximate surface area is 160 Å². The van der Waals surface area contributed by atoms with Gasteiger partial charge < -0.3 is 14.4 Å². The number of hydrogen-bond acceptors (Lipinski definition) is 5. The first kappa shape index (κ1) is 18.7. The van der Waals surface area contributed by atoms with Gasteiger partial charge in [-0.2, -0.15) is 0 Å². The van der Waals surface area contributed by atoms with E-state index in [0.29, 0.717) is 36.2 Å². The molecule has 2 amide bonds. The van der Waals surface area contributed by atoms with E-state index >= 15 is 0 Å². The Kier molecular flexibility index (Phi) is 6.13. The third-order valence-corrected chi connectivity index (χ3v) is 5.10. The second-order valence-electron chi connectivity index (χ2n) is 5.77. The molecule has 3 rings (SSSR count). The molecule has 1 aromatic carbocycles. The van der Waals surface area contributed by atoms with Crippen LogP contribution in [0.2, 0.25) is 5.02 Å². The largest absolute Gasteiger partial charge is 0.482 e. The maximum Gasteiger partial charge on any atom is 0.265 e. The molecular formula is C18H19ClN2O4S. The van der Waals surface area contributed by atoms with Gasteiger partial charge in [0.05, 0.1) is 18.8 Å². The molecule has 26 heavy (non-hydrogen) atoms. The summed E-state index contributed by atoms with van der Waals surface area (Å²) >= 11 is 7.63.